The van der Waals surface area contributed by atoms with E-state index in [1.54, 1.807) is 24.3 Å². The Hall–Kier alpha value is -3.71. The van der Waals surface area contributed by atoms with Gasteiger partial charge in [-0.1, -0.05) is 18.2 Å². The molecule has 0 radical (unpaired) electrons. The summed E-state index contributed by atoms with van der Waals surface area (Å²) in [6.45, 7) is 6.46. The highest BCUT2D eigenvalue weighted by Crippen LogP contribution is 2.28. The number of anilines is 1. The number of carbonyl (C=O) groups is 1. The normalized spacial score (nSPS) is 10.7. The fraction of sp³-hybridized carbons (Fsp3) is 0.160. The van der Waals surface area contributed by atoms with E-state index >= 15 is 0 Å². The molecule has 0 fully saturated rings. The summed E-state index contributed by atoms with van der Waals surface area (Å²) in [7, 11) is 0. The fourth-order valence-electron chi connectivity index (χ4n) is 3.46. The molecule has 2 N–H and O–H groups in total. The molecule has 0 atom stereocenters. The van der Waals surface area contributed by atoms with Gasteiger partial charge in [0.25, 0.3) is 5.91 Å². The van der Waals surface area contributed by atoms with Crippen molar-refractivity contribution in [1.29, 1.82) is 0 Å². The third-order valence-electron chi connectivity index (χ3n) is 4.82. The Bertz CT molecular complexity index is 1310. The van der Waals surface area contributed by atoms with Gasteiger partial charge in [-0.25, -0.2) is 4.98 Å². The van der Waals surface area contributed by atoms with Gasteiger partial charge in [-0.2, -0.15) is 0 Å². The Morgan fingerprint density at radius 1 is 1.09 bits per heavy atom. The third kappa shape index (κ3) is 4.78. The molecule has 32 heavy (non-hydrogen) atoms. The molecule has 0 unspecified atom stereocenters. The van der Waals surface area contributed by atoms with Crippen LogP contribution in [-0.2, 0) is 0 Å². The van der Waals surface area contributed by atoms with E-state index in [1.165, 1.54) is 0 Å². The summed E-state index contributed by atoms with van der Waals surface area (Å²) in [6, 6.07) is 18.6. The van der Waals surface area contributed by atoms with Crippen molar-refractivity contribution in [1.82, 2.24) is 10.3 Å². The van der Waals surface area contributed by atoms with Crippen LogP contribution in [0.5, 0.6) is 5.75 Å². The van der Waals surface area contributed by atoms with E-state index in [2.05, 4.69) is 21.7 Å². The number of amides is 1. The predicted octanol–water partition coefficient (Wildman–Crippen LogP) is 5.64. The minimum Gasteiger partial charge on any atom is -0.494 e. The first-order valence-electron chi connectivity index (χ1n) is 10.3. The van der Waals surface area contributed by atoms with Crippen molar-refractivity contribution in [3.8, 4) is 17.2 Å². The van der Waals surface area contributed by atoms with Gasteiger partial charge >= 0.3 is 0 Å². The van der Waals surface area contributed by atoms with Crippen LogP contribution in [0.4, 0.5) is 5.69 Å². The van der Waals surface area contributed by atoms with Gasteiger partial charge in [0, 0.05) is 16.8 Å². The van der Waals surface area contributed by atoms with Crippen LogP contribution in [-0.4, -0.2) is 22.6 Å². The van der Waals surface area contributed by atoms with Gasteiger partial charge in [0.2, 0.25) is 5.89 Å². The first-order chi connectivity index (χ1) is 15.4. The number of hydrogen-bond donors (Lipinski definition) is 2. The minimum atomic E-state index is -0.315. The predicted molar refractivity (Wildman–Crippen MR) is 130 cm³/mol. The number of fused-ring (bicyclic) bond motifs is 1. The standard InChI is InChI=1S/C25H23N3O3S/c1-4-30-20-10-6-7-17(14-20)23(29)28-25(32)26-19-9-5-8-18(13-19)24-27-21-12-15(2)11-16(3)22(21)31-24/h5-14H,4H2,1-3H3,(H2,26,28,29,32). The Morgan fingerprint density at radius 3 is 2.72 bits per heavy atom. The molecule has 4 aromatic rings. The van der Waals surface area contributed by atoms with Crippen LogP contribution in [0.3, 0.4) is 0 Å². The highest BCUT2D eigenvalue weighted by atomic mass is 32.1. The van der Waals surface area contributed by atoms with Crippen molar-refractivity contribution in [2.24, 2.45) is 0 Å². The molecule has 0 aliphatic carbocycles. The molecule has 0 bridgehead atoms. The lowest BCUT2D eigenvalue weighted by molar-refractivity contribution is 0.0977. The molecule has 0 saturated carbocycles. The van der Waals surface area contributed by atoms with E-state index in [9.17, 15) is 4.79 Å². The van der Waals surface area contributed by atoms with E-state index in [0.717, 1.165) is 27.8 Å². The van der Waals surface area contributed by atoms with Crippen LogP contribution < -0.4 is 15.4 Å². The first kappa shape index (κ1) is 21.5. The topological polar surface area (TPSA) is 76.4 Å². The molecule has 162 valence electrons. The van der Waals surface area contributed by atoms with Crippen molar-refractivity contribution < 1.29 is 13.9 Å². The van der Waals surface area contributed by atoms with Gasteiger partial charge < -0.3 is 14.5 Å². The molecule has 6 nitrogen and oxygen atoms in total. The number of thiocarbonyl (C=S) groups is 1. The zero-order chi connectivity index (χ0) is 22.7. The molecule has 7 heteroatoms. The fourth-order valence-corrected chi connectivity index (χ4v) is 3.67. The van der Waals surface area contributed by atoms with E-state index < -0.39 is 0 Å². The summed E-state index contributed by atoms with van der Waals surface area (Å²) in [6.07, 6.45) is 0. The Labute approximate surface area is 191 Å². The second-order valence-corrected chi connectivity index (χ2v) is 7.81. The van der Waals surface area contributed by atoms with Crippen LogP contribution in [0, 0.1) is 13.8 Å². The molecular weight excluding hydrogens is 422 g/mol. The highest BCUT2D eigenvalue weighted by molar-refractivity contribution is 7.80. The number of benzene rings is 3. The number of aromatic nitrogens is 1. The maximum absolute atomic E-state index is 12.5. The summed E-state index contributed by atoms with van der Waals surface area (Å²) in [5.74, 6) is 0.848. The lowest BCUT2D eigenvalue weighted by Crippen LogP contribution is -2.34. The van der Waals surface area contributed by atoms with Crippen molar-refractivity contribution >= 4 is 40.0 Å². The van der Waals surface area contributed by atoms with Gasteiger partial charge in [-0.05, 0) is 86.6 Å². The van der Waals surface area contributed by atoms with Gasteiger partial charge in [0.1, 0.15) is 11.3 Å². The number of nitrogens with zero attached hydrogens (tertiary/aromatic N) is 1. The maximum Gasteiger partial charge on any atom is 0.257 e. The molecular formula is C25H23N3O3S. The van der Waals surface area contributed by atoms with Crippen molar-refractivity contribution in [3.05, 3.63) is 77.4 Å². The van der Waals surface area contributed by atoms with E-state index in [0.29, 0.717) is 29.5 Å². The van der Waals surface area contributed by atoms with E-state index in [4.69, 9.17) is 21.4 Å². The number of rotatable bonds is 5. The molecule has 1 aromatic heterocycles. The SMILES string of the molecule is CCOc1cccc(C(=O)NC(=S)Nc2cccc(-c3nc4cc(C)cc(C)c4o3)c2)c1. The first-order valence-corrected chi connectivity index (χ1v) is 10.7. The molecule has 0 spiro atoms. The largest absolute Gasteiger partial charge is 0.494 e. The summed E-state index contributed by atoms with van der Waals surface area (Å²) < 4.78 is 11.4. The van der Waals surface area contributed by atoms with Crippen molar-refractivity contribution in [3.63, 3.8) is 0 Å². The molecule has 1 heterocycles. The van der Waals surface area contributed by atoms with Gasteiger partial charge in [-0.3, -0.25) is 10.1 Å². The van der Waals surface area contributed by atoms with Crippen LogP contribution >= 0.6 is 12.2 Å². The molecule has 0 saturated heterocycles. The van der Waals surface area contributed by atoms with Gasteiger partial charge in [-0.15, -0.1) is 0 Å². The Balaban J connectivity index is 1.48. The van der Waals surface area contributed by atoms with Crippen LogP contribution in [0.1, 0.15) is 28.4 Å². The average molecular weight is 446 g/mol. The minimum absolute atomic E-state index is 0.193. The third-order valence-corrected chi connectivity index (χ3v) is 5.03. The monoisotopic (exact) mass is 445 g/mol. The second kappa shape index (κ2) is 9.20. The van der Waals surface area contributed by atoms with Crippen LogP contribution in [0.2, 0.25) is 0 Å². The summed E-state index contributed by atoms with van der Waals surface area (Å²) in [4.78, 5) is 17.2. The maximum atomic E-state index is 12.5. The van der Waals surface area contributed by atoms with E-state index in [-0.39, 0.29) is 11.0 Å². The van der Waals surface area contributed by atoms with E-state index in [1.807, 2.05) is 51.1 Å². The Kier molecular flexibility index (Phi) is 6.18. The average Bonchev–Trinajstić information content (AvgIpc) is 3.19. The van der Waals surface area contributed by atoms with Gasteiger partial charge in [0.15, 0.2) is 10.7 Å². The van der Waals surface area contributed by atoms with Crippen LogP contribution in [0.25, 0.3) is 22.6 Å². The highest BCUT2D eigenvalue weighted by Gasteiger charge is 2.13. The number of ether oxygens (including phenoxy) is 1. The van der Waals surface area contributed by atoms with Crippen LogP contribution in [0.15, 0.2) is 65.1 Å². The zero-order valence-electron chi connectivity index (χ0n) is 18.1. The molecule has 0 aliphatic heterocycles. The molecule has 3 aromatic carbocycles. The lowest BCUT2D eigenvalue weighted by atomic mass is 10.1. The summed E-state index contributed by atoms with van der Waals surface area (Å²) in [5, 5.41) is 5.93. The lowest BCUT2D eigenvalue weighted by Gasteiger charge is -2.11. The number of nitrogens with one attached hydrogen (secondary N) is 2. The second-order valence-electron chi connectivity index (χ2n) is 7.40. The number of oxazole rings is 1. The molecule has 1 amide bonds. The number of carbonyl (C=O) groups excluding carboxylic acids is 1. The summed E-state index contributed by atoms with van der Waals surface area (Å²) in [5.41, 5.74) is 5.77. The molecule has 4 rings (SSSR count). The quantitative estimate of drug-likeness (QED) is 0.387. The van der Waals surface area contributed by atoms with Crippen molar-refractivity contribution in [2.75, 3.05) is 11.9 Å². The van der Waals surface area contributed by atoms with Gasteiger partial charge in [0.05, 0.1) is 6.61 Å². The smallest absolute Gasteiger partial charge is 0.257 e. The zero-order valence-corrected chi connectivity index (χ0v) is 18.9. The van der Waals surface area contributed by atoms with Crippen molar-refractivity contribution in [2.45, 2.75) is 20.8 Å². The number of hydrogen-bond acceptors (Lipinski definition) is 5. The number of aryl methyl sites for hydroxylation is 2. The molecule has 0 aliphatic rings. The summed E-state index contributed by atoms with van der Waals surface area (Å²) >= 11 is 5.33. The Morgan fingerprint density at radius 2 is 1.91 bits per heavy atom.